The van der Waals surface area contributed by atoms with Crippen LogP contribution in [-0.4, -0.2) is 269 Å². The van der Waals surface area contributed by atoms with Crippen molar-refractivity contribution in [1.29, 1.82) is 0 Å². The average Bonchev–Trinajstić information content (AvgIpc) is 1.79. The number of likely N-dealkylation sites (N-methyl/N-ethyl adjacent to an activating group) is 2. The van der Waals surface area contributed by atoms with Crippen LogP contribution >= 0.6 is 0 Å². The highest BCUT2D eigenvalue weighted by Gasteiger charge is 2.47. The summed E-state index contributed by atoms with van der Waals surface area (Å²) < 4.78 is 42.3. The number of ether oxygens (including phenoxy) is 1. The highest BCUT2D eigenvalue weighted by molar-refractivity contribution is 7.85. The monoisotopic (exact) mass is 1720 g/mol. The minimum absolute atomic E-state index is 0.0164. The van der Waals surface area contributed by atoms with E-state index in [4.69, 9.17) is 27.7 Å². The molecule has 2 fully saturated rings. The lowest BCUT2D eigenvalue weighted by Crippen LogP contribution is -2.63. The number of Topliss-reactive ketones (excluding diaryl/α,β-unsaturated/α-hetero) is 1. The number of likely N-dealkylation sites (tertiary alicyclic amines) is 1. The molecule has 0 spiro atoms. The first-order valence-corrected chi connectivity index (χ1v) is 41.4. The van der Waals surface area contributed by atoms with Gasteiger partial charge in [-0.15, -0.1) is 0 Å². The fourth-order valence-electron chi connectivity index (χ4n) is 14.0. The third kappa shape index (κ3) is 30.2. The van der Waals surface area contributed by atoms with Crippen LogP contribution in [0.15, 0.2) is 65.8 Å². The number of carbonyl (C=O) groups excluding carboxylic acids is 17. The number of fused-ring (bicyclic) bond motifs is 1. The van der Waals surface area contributed by atoms with Gasteiger partial charge >= 0.3 is 5.97 Å². The second-order valence-electron chi connectivity index (χ2n) is 32.8. The molecule has 668 valence electrons. The minimum Gasteiger partial charge on any atom is -0.459 e. The number of hydrogen-bond donors (Lipinski definition) is 17. The number of carbonyl (C=O) groups is 17. The Balaban J connectivity index is 1.57. The Hall–Kier alpha value is -11.7. The minimum atomic E-state index is -5.43. The van der Waals surface area contributed by atoms with Crippen LogP contribution < -0.4 is 76.1 Å². The standard InChI is InChI=1S/C79H119N19O22S/c1-14-79(10,11)48(35-58(101)64(78(7,8)9)95-72(112)57-27-21-31-98(57)75(115)53(33-45-22-16-15-17-23-45)90-65(105)42(4)86-40-99)66(106)88-52(34-46-37-85-49-25-19-18-24-47(46)49)68(108)87-50(26-20-30-84-77(82)83)67(107)92-55(39-121(117,118)119)70(110)94-63-44(6)120-61(104)38-96(12)74(114)54(36-60(81)103)91-73(113)62(43(5)100)93-69(109)51(32-41(2)3)89-71(111)56(28-29-59(80)102)97(13)76(63)116/h15-19,22-25,37,40-44,48,50-57,62-64,85,100H,14,20-21,26-36,38-39H2,1-13H3,(H2,80,102)(H2,81,103)(H,86,99)(H,87,108)(H,88,106)(H,89,111)(H,90,105)(H,91,113)(H,92,107)(H,93,109)(H,94,110)(H,95,112)(H4,82,83,84)(H,117,118,119). The van der Waals surface area contributed by atoms with E-state index in [0.717, 1.165) is 27.9 Å². The van der Waals surface area contributed by atoms with Crippen LogP contribution in [0.2, 0.25) is 0 Å². The summed E-state index contributed by atoms with van der Waals surface area (Å²) in [6.07, 6.45) is -4.93. The molecule has 2 aliphatic heterocycles. The van der Waals surface area contributed by atoms with Crippen LogP contribution in [0, 0.1) is 22.7 Å². The van der Waals surface area contributed by atoms with Crippen LogP contribution in [0.25, 0.3) is 10.9 Å². The van der Waals surface area contributed by atoms with Gasteiger partial charge in [0.15, 0.2) is 11.7 Å². The fraction of sp³-hybridized carbons (Fsp3) is 0.595. The van der Waals surface area contributed by atoms with Crippen molar-refractivity contribution in [3.8, 4) is 0 Å². The number of benzene rings is 2. The first kappa shape index (κ1) is 99.9. The number of amides is 15. The van der Waals surface area contributed by atoms with E-state index in [2.05, 4.69) is 63.1 Å². The molecule has 0 saturated carbocycles. The van der Waals surface area contributed by atoms with Gasteiger partial charge in [0, 0.05) is 75.9 Å². The normalized spacial score (nSPS) is 20.7. The first-order chi connectivity index (χ1) is 56.5. The number of H-pyrrole nitrogens is 1. The summed E-state index contributed by atoms with van der Waals surface area (Å²) in [7, 11) is -3.44. The molecule has 15 atom stereocenters. The Kier molecular flexibility index (Phi) is 37.2. The van der Waals surface area contributed by atoms with E-state index in [1.54, 1.807) is 116 Å². The van der Waals surface area contributed by atoms with E-state index in [0.29, 0.717) is 44.7 Å². The maximum Gasteiger partial charge on any atom is 0.325 e. The number of nitrogens with two attached hydrogens (primary N) is 4. The number of aromatic nitrogens is 1. The average molecular weight is 1720 g/mol. The number of rotatable bonds is 38. The number of aromatic amines is 1. The van der Waals surface area contributed by atoms with Crippen molar-refractivity contribution >= 4 is 128 Å². The third-order valence-corrected chi connectivity index (χ3v) is 21.9. The summed E-state index contributed by atoms with van der Waals surface area (Å²) in [5.41, 5.74) is 21.8. The van der Waals surface area contributed by atoms with E-state index in [1.165, 1.54) is 11.8 Å². The van der Waals surface area contributed by atoms with Crippen LogP contribution in [0.5, 0.6) is 0 Å². The fourth-order valence-corrected chi connectivity index (χ4v) is 14.6. The Bertz CT molecular complexity index is 4400. The van der Waals surface area contributed by atoms with E-state index in [-0.39, 0.29) is 51.6 Å². The highest BCUT2D eigenvalue weighted by Crippen LogP contribution is 2.36. The van der Waals surface area contributed by atoms with Gasteiger partial charge in [0.1, 0.15) is 84.9 Å². The quantitative estimate of drug-likeness (QED) is 0.00654. The second kappa shape index (κ2) is 45.1. The number of aliphatic imine (C=N–C) groups is 1. The predicted octanol–water partition coefficient (Wildman–Crippen LogP) is -3.76. The molecule has 3 aromatic rings. The smallest absolute Gasteiger partial charge is 0.325 e. The molecular weight excluding hydrogens is 1600 g/mol. The summed E-state index contributed by atoms with van der Waals surface area (Å²) in [5.74, 6) is -21.1. The number of cyclic esters (lactones) is 1. The molecule has 0 bridgehead atoms. The van der Waals surface area contributed by atoms with E-state index >= 15 is 28.8 Å². The number of esters is 1. The number of ketones is 1. The van der Waals surface area contributed by atoms with Gasteiger partial charge in [0.2, 0.25) is 89.1 Å². The number of para-hydroxylation sites is 1. The number of aliphatic hydroxyl groups excluding tert-OH is 1. The van der Waals surface area contributed by atoms with Crippen LogP contribution in [0.4, 0.5) is 0 Å². The zero-order valence-electron chi connectivity index (χ0n) is 70.5. The van der Waals surface area contributed by atoms with Crippen LogP contribution in [0.1, 0.15) is 151 Å². The van der Waals surface area contributed by atoms with Crippen LogP contribution in [-0.2, 0) is 109 Å². The third-order valence-electron chi connectivity index (χ3n) is 21.1. The van der Waals surface area contributed by atoms with Gasteiger partial charge in [-0.3, -0.25) is 91.1 Å². The number of hydrogen-bond acceptors (Lipinski definition) is 22. The maximum absolute atomic E-state index is 15.5. The zero-order chi connectivity index (χ0) is 90.9. The Labute approximate surface area is 701 Å². The van der Waals surface area contributed by atoms with Gasteiger partial charge in [-0.05, 0) is 93.2 Å². The second-order valence-corrected chi connectivity index (χ2v) is 34.3. The maximum atomic E-state index is 15.5. The van der Waals surface area contributed by atoms with Gasteiger partial charge < -0.3 is 106 Å². The van der Waals surface area contributed by atoms with E-state index < -0.39 is 262 Å². The lowest BCUT2D eigenvalue weighted by Gasteiger charge is -2.37. The van der Waals surface area contributed by atoms with Crippen molar-refractivity contribution in [3.05, 3.63) is 71.9 Å². The molecule has 15 amide bonds. The summed E-state index contributed by atoms with van der Waals surface area (Å²) >= 11 is 0. The molecule has 0 radical (unpaired) electrons. The van der Waals surface area contributed by atoms with Crippen molar-refractivity contribution in [3.63, 3.8) is 0 Å². The predicted molar refractivity (Wildman–Crippen MR) is 439 cm³/mol. The number of aliphatic hydroxyl groups is 1. The molecule has 121 heavy (non-hydrogen) atoms. The Morgan fingerprint density at radius 3 is 1.93 bits per heavy atom. The molecule has 2 aromatic carbocycles. The summed E-state index contributed by atoms with van der Waals surface area (Å²) in [6.45, 7) is 15.8. The SMILES string of the molecule is CCC(C)(C)C(CC(=O)C(NC(=O)C1CCCN1C(=O)C(Cc1ccccc1)NC(=O)C(C)NC=O)C(C)(C)C)C(=O)NC(Cc1c[nH]c2ccccc12)C(=O)NC(CCCN=C(N)N)C(=O)NC(CS(=O)(=O)O)C(=O)NC1C(=O)N(C)C(CCC(N)=O)C(=O)NC(CC(C)C)C(=O)NC(C(C)O)C(=O)NC(CC(N)=O)C(=O)N(C)CC(=O)OC1C. The Morgan fingerprint density at radius 1 is 0.727 bits per heavy atom. The van der Waals surface area contributed by atoms with E-state index in [9.17, 15) is 70.8 Å². The zero-order valence-corrected chi connectivity index (χ0v) is 71.3. The number of guanidine groups is 1. The molecular formula is C79H119N19O22S. The molecule has 0 aliphatic carbocycles. The number of primary amides is 2. The first-order valence-electron chi connectivity index (χ1n) is 39.8. The van der Waals surface area contributed by atoms with Gasteiger partial charge in [0.25, 0.3) is 10.1 Å². The van der Waals surface area contributed by atoms with Crippen molar-refractivity contribution in [2.24, 2.45) is 50.6 Å². The lowest BCUT2D eigenvalue weighted by molar-refractivity contribution is -0.158. The molecule has 2 saturated heterocycles. The lowest BCUT2D eigenvalue weighted by atomic mass is 9.71. The van der Waals surface area contributed by atoms with Gasteiger partial charge in [0.05, 0.1) is 18.6 Å². The topological polar surface area (TPSA) is 636 Å². The molecule has 1 aromatic heterocycles. The summed E-state index contributed by atoms with van der Waals surface area (Å²) in [5, 5.41) is 36.2. The molecule has 3 heterocycles. The van der Waals surface area contributed by atoms with Gasteiger partial charge in [-0.2, -0.15) is 8.42 Å². The molecule has 21 N–H and O–H groups in total. The van der Waals surface area contributed by atoms with Crippen molar-refractivity contribution in [2.45, 2.75) is 238 Å². The molecule has 42 heteroatoms. The summed E-state index contributed by atoms with van der Waals surface area (Å²) in [6, 6.07) is -4.67. The highest BCUT2D eigenvalue weighted by atomic mass is 32.2. The van der Waals surface area contributed by atoms with Crippen LogP contribution in [0.3, 0.4) is 0 Å². The van der Waals surface area contributed by atoms with Gasteiger partial charge in [-0.25, -0.2) is 0 Å². The molecule has 15 unspecified atom stereocenters. The summed E-state index contributed by atoms with van der Waals surface area (Å²) in [4.78, 5) is 251. The van der Waals surface area contributed by atoms with Crippen molar-refractivity contribution < 1.29 is 104 Å². The van der Waals surface area contributed by atoms with Crippen molar-refractivity contribution in [2.75, 3.05) is 39.5 Å². The van der Waals surface area contributed by atoms with Gasteiger partial charge in [-0.1, -0.05) is 110 Å². The molecule has 5 rings (SSSR count). The molecule has 41 nitrogen and oxygen atoms in total. The number of nitrogens with zero attached hydrogens (tertiary/aromatic N) is 4. The van der Waals surface area contributed by atoms with E-state index in [1.807, 2.05) is 0 Å². The number of nitrogens with one attached hydrogen (secondary N) is 11. The molecule has 2 aliphatic rings. The van der Waals surface area contributed by atoms with Crippen molar-refractivity contribution in [1.82, 2.24) is 72.9 Å². The Morgan fingerprint density at radius 2 is 1.34 bits per heavy atom. The largest absolute Gasteiger partial charge is 0.459 e.